The summed E-state index contributed by atoms with van der Waals surface area (Å²) in [6.07, 6.45) is 5.87. The third-order valence-electron chi connectivity index (χ3n) is 4.14. The molecule has 1 heterocycles. The van der Waals surface area contributed by atoms with Crippen LogP contribution in [0.1, 0.15) is 64.4 Å². The molecule has 0 unspecified atom stereocenters. The van der Waals surface area contributed by atoms with Gasteiger partial charge in [0.15, 0.2) is 0 Å². The molecule has 24 heavy (non-hydrogen) atoms. The summed E-state index contributed by atoms with van der Waals surface area (Å²) in [6.45, 7) is 6.85. The fourth-order valence-electron chi connectivity index (χ4n) is 2.84. The Kier molecular flexibility index (Phi) is 6.54. The Morgan fingerprint density at radius 3 is 2.58 bits per heavy atom. The molecule has 2 rings (SSSR count). The number of carbonyl (C=O) groups excluding carboxylic acids is 1. The second-order valence-corrected chi connectivity index (χ2v) is 7.51. The van der Waals surface area contributed by atoms with E-state index < -0.39 is 0 Å². The van der Waals surface area contributed by atoms with Crippen molar-refractivity contribution >= 4 is 11.7 Å². The maximum atomic E-state index is 12.1. The third-order valence-corrected chi connectivity index (χ3v) is 4.14. The van der Waals surface area contributed by atoms with E-state index in [0.717, 1.165) is 24.4 Å². The fourth-order valence-corrected chi connectivity index (χ4v) is 2.84. The number of methoxy groups -OCH3 is 1. The van der Waals surface area contributed by atoms with Crippen molar-refractivity contribution in [3.8, 4) is 0 Å². The molecular weight excluding hydrogens is 304 g/mol. The van der Waals surface area contributed by atoms with Gasteiger partial charge in [0.2, 0.25) is 5.91 Å². The monoisotopic (exact) mass is 334 g/mol. The van der Waals surface area contributed by atoms with E-state index >= 15 is 0 Å². The van der Waals surface area contributed by atoms with Crippen molar-refractivity contribution in [1.29, 1.82) is 0 Å². The van der Waals surface area contributed by atoms with Crippen LogP contribution in [0.25, 0.3) is 0 Å². The number of ether oxygens (including phenoxy) is 1. The minimum absolute atomic E-state index is 0.0195. The molecule has 0 spiro atoms. The SMILES string of the molecule is COCc1cc(NCC(=O)NC2CCCCC2)nc(C(C)(C)C)n1. The molecule has 6 heteroatoms. The van der Waals surface area contributed by atoms with E-state index in [4.69, 9.17) is 4.74 Å². The van der Waals surface area contributed by atoms with Crippen LogP contribution in [0.2, 0.25) is 0 Å². The molecule has 1 aliphatic rings. The highest BCUT2D eigenvalue weighted by molar-refractivity contribution is 5.80. The Bertz CT molecular complexity index is 548. The largest absolute Gasteiger partial charge is 0.378 e. The van der Waals surface area contributed by atoms with Crippen molar-refractivity contribution in [2.24, 2.45) is 0 Å². The molecule has 0 aromatic carbocycles. The van der Waals surface area contributed by atoms with Gasteiger partial charge in [-0.1, -0.05) is 40.0 Å². The lowest BCUT2D eigenvalue weighted by atomic mass is 9.95. The van der Waals surface area contributed by atoms with Gasteiger partial charge in [0, 0.05) is 24.6 Å². The van der Waals surface area contributed by atoms with Crippen molar-refractivity contribution < 1.29 is 9.53 Å². The first kappa shape index (κ1) is 18.6. The molecule has 0 bridgehead atoms. The average Bonchev–Trinajstić information content (AvgIpc) is 2.53. The molecule has 0 radical (unpaired) electrons. The Hall–Kier alpha value is -1.69. The first-order valence-electron chi connectivity index (χ1n) is 8.79. The average molecular weight is 334 g/mol. The van der Waals surface area contributed by atoms with Crippen LogP contribution < -0.4 is 10.6 Å². The van der Waals surface area contributed by atoms with Gasteiger partial charge in [0.05, 0.1) is 18.8 Å². The number of hydrogen-bond donors (Lipinski definition) is 2. The van der Waals surface area contributed by atoms with Gasteiger partial charge < -0.3 is 15.4 Å². The summed E-state index contributed by atoms with van der Waals surface area (Å²) >= 11 is 0. The summed E-state index contributed by atoms with van der Waals surface area (Å²) in [5, 5.41) is 6.23. The van der Waals surface area contributed by atoms with Crippen LogP contribution in [0.5, 0.6) is 0 Å². The standard InChI is InChI=1S/C18H30N4O2/c1-18(2,3)17-21-14(12-24-4)10-15(22-17)19-11-16(23)20-13-8-6-5-7-9-13/h10,13H,5-9,11-12H2,1-4H3,(H,20,23)(H,19,21,22). The van der Waals surface area contributed by atoms with E-state index in [0.29, 0.717) is 18.5 Å². The molecule has 0 atom stereocenters. The minimum Gasteiger partial charge on any atom is -0.378 e. The van der Waals surface area contributed by atoms with Gasteiger partial charge in [-0.15, -0.1) is 0 Å². The Morgan fingerprint density at radius 2 is 1.96 bits per heavy atom. The van der Waals surface area contributed by atoms with Gasteiger partial charge in [-0.05, 0) is 12.8 Å². The van der Waals surface area contributed by atoms with Gasteiger partial charge >= 0.3 is 0 Å². The number of aromatic nitrogens is 2. The van der Waals surface area contributed by atoms with E-state index in [1.807, 2.05) is 6.07 Å². The number of carbonyl (C=O) groups is 1. The van der Waals surface area contributed by atoms with Crippen LogP contribution in [0.3, 0.4) is 0 Å². The smallest absolute Gasteiger partial charge is 0.239 e. The topological polar surface area (TPSA) is 76.1 Å². The molecule has 1 amide bonds. The minimum atomic E-state index is -0.162. The first-order valence-corrected chi connectivity index (χ1v) is 8.79. The van der Waals surface area contributed by atoms with Gasteiger partial charge in [-0.3, -0.25) is 4.79 Å². The molecule has 2 N–H and O–H groups in total. The molecule has 1 saturated carbocycles. The lowest BCUT2D eigenvalue weighted by molar-refractivity contribution is -0.120. The summed E-state index contributed by atoms with van der Waals surface area (Å²) in [5.41, 5.74) is 0.650. The van der Waals surface area contributed by atoms with E-state index in [-0.39, 0.29) is 17.9 Å². The second-order valence-electron chi connectivity index (χ2n) is 7.51. The number of nitrogens with zero attached hydrogens (tertiary/aromatic N) is 2. The van der Waals surface area contributed by atoms with Crippen molar-refractivity contribution in [1.82, 2.24) is 15.3 Å². The molecule has 1 aromatic rings. The lowest BCUT2D eigenvalue weighted by Gasteiger charge is -2.23. The van der Waals surface area contributed by atoms with E-state index in [2.05, 4.69) is 41.4 Å². The molecule has 1 aromatic heterocycles. The highest BCUT2D eigenvalue weighted by atomic mass is 16.5. The Labute approximate surface area is 144 Å². The predicted molar refractivity (Wildman–Crippen MR) is 95.0 cm³/mol. The lowest BCUT2D eigenvalue weighted by Crippen LogP contribution is -2.39. The van der Waals surface area contributed by atoms with E-state index in [9.17, 15) is 4.79 Å². The number of nitrogens with one attached hydrogen (secondary N) is 2. The van der Waals surface area contributed by atoms with Crippen molar-refractivity contribution in [2.75, 3.05) is 19.0 Å². The summed E-state index contributed by atoms with van der Waals surface area (Å²) in [4.78, 5) is 21.2. The number of amides is 1. The summed E-state index contributed by atoms with van der Waals surface area (Å²) in [6, 6.07) is 2.17. The maximum Gasteiger partial charge on any atom is 0.239 e. The van der Waals surface area contributed by atoms with Crippen LogP contribution in [0.15, 0.2) is 6.07 Å². The van der Waals surface area contributed by atoms with Crippen molar-refractivity contribution in [2.45, 2.75) is 70.9 Å². The van der Waals surface area contributed by atoms with Gasteiger partial charge in [-0.2, -0.15) is 0 Å². The molecule has 6 nitrogen and oxygen atoms in total. The normalized spacial score (nSPS) is 16.0. The zero-order chi connectivity index (χ0) is 17.6. The molecule has 1 aliphatic carbocycles. The fraction of sp³-hybridized carbons (Fsp3) is 0.722. The second kappa shape index (κ2) is 8.42. The van der Waals surface area contributed by atoms with Crippen molar-refractivity contribution in [3.63, 3.8) is 0 Å². The quantitative estimate of drug-likeness (QED) is 0.836. The zero-order valence-corrected chi connectivity index (χ0v) is 15.3. The van der Waals surface area contributed by atoms with Gasteiger partial charge in [0.25, 0.3) is 0 Å². The Morgan fingerprint density at radius 1 is 1.25 bits per heavy atom. The summed E-state index contributed by atoms with van der Waals surface area (Å²) in [5.74, 6) is 1.43. The van der Waals surface area contributed by atoms with Crippen LogP contribution in [0, 0.1) is 0 Å². The molecule has 0 saturated heterocycles. The zero-order valence-electron chi connectivity index (χ0n) is 15.3. The van der Waals surface area contributed by atoms with E-state index in [1.54, 1.807) is 7.11 Å². The molecule has 1 fully saturated rings. The number of anilines is 1. The first-order chi connectivity index (χ1) is 11.4. The molecular formula is C18H30N4O2. The van der Waals surface area contributed by atoms with Crippen LogP contribution in [-0.2, 0) is 21.6 Å². The number of rotatable bonds is 6. The molecule has 0 aliphatic heterocycles. The van der Waals surface area contributed by atoms with Crippen LogP contribution >= 0.6 is 0 Å². The van der Waals surface area contributed by atoms with Crippen LogP contribution in [0.4, 0.5) is 5.82 Å². The van der Waals surface area contributed by atoms with Crippen molar-refractivity contribution in [3.05, 3.63) is 17.6 Å². The highest BCUT2D eigenvalue weighted by Gasteiger charge is 2.20. The molecule has 134 valence electrons. The van der Waals surface area contributed by atoms with E-state index in [1.165, 1.54) is 19.3 Å². The summed E-state index contributed by atoms with van der Waals surface area (Å²) in [7, 11) is 1.64. The predicted octanol–water partition coefficient (Wildman–Crippen LogP) is 2.78. The van der Waals surface area contributed by atoms with Gasteiger partial charge in [-0.25, -0.2) is 9.97 Å². The van der Waals surface area contributed by atoms with Crippen LogP contribution in [-0.4, -0.2) is 35.6 Å². The Balaban J connectivity index is 1.97. The third kappa shape index (κ3) is 5.74. The number of hydrogen-bond acceptors (Lipinski definition) is 5. The maximum absolute atomic E-state index is 12.1. The highest BCUT2D eigenvalue weighted by Crippen LogP contribution is 2.21. The van der Waals surface area contributed by atoms with Gasteiger partial charge in [0.1, 0.15) is 11.6 Å². The summed E-state index contributed by atoms with van der Waals surface area (Å²) < 4.78 is 5.18.